The Kier molecular flexibility index (Phi) is 5.26. The molecule has 5 aliphatic rings. The fourth-order valence-corrected chi connectivity index (χ4v) is 8.66. The zero-order valence-corrected chi connectivity index (χ0v) is 18.1. The molecule has 5 fully saturated rings. The van der Waals surface area contributed by atoms with E-state index in [2.05, 4.69) is 19.2 Å². The molecule has 0 bridgehead atoms. The van der Waals surface area contributed by atoms with Gasteiger partial charge in [0, 0.05) is 25.2 Å². The van der Waals surface area contributed by atoms with Gasteiger partial charge in [-0.1, -0.05) is 20.3 Å². The highest BCUT2D eigenvalue weighted by Gasteiger charge is 2.58. The first-order valence-electron chi connectivity index (χ1n) is 12.4. The molecular weight excluding hydrogens is 346 g/mol. The summed E-state index contributed by atoms with van der Waals surface area (Å²) in [6.07, 6.45) is 14.5. The van der Waals surface area contributed by atoms with Crippen LogP contribution in [0.3, 0.4) is 0 Å². The Bertz CT molecular complexity index is 585. The Balaban J connectivity index is 1.28. The molecule has 3 heteroatoms. The van der Waals surface area contributed by atoms with Gasteiger partial charge in [0.15, 0.2) is 0 Å². The van der Waals surface area contributed by atoms with Crippen LogP contribution >= 0.6 is 0 Å². The number of rotatable bonds is 2. The maximum atomic E-state index is 13.2. The number of carbonyl (C=O) groups excluding carboxylic acids is 1. The Morgan fingerprint density at radius 2 is 1.68 bits per heavy atom. The molecule has 8 atom stereocenters. The average Bonchev–Trinajstić information content (AvgIpc) is 3.05. The molecule has 4 aliphatic carbocycles. The fourth-order valence-electron chi connectivity index (χ4n) is 8.66. The standard InChI is InChI=1S/C25H41NO2/c1-16-3-5-19-17(15-16)4-6-21-20(19)9-12-25(2)22(21)7-8-23(25)24(27)26-18-10-13-28-14-11-18/h16-23H,3-15H2,1-2H3,(H,26,27)/t16?,17-,19+,20?,21?,22?,23-,25?/m1/s1. The number of amides is 1. The van der Waals surface area contributed by atoms with E-state index in [0.29, 0.717) is 11.9 Å². The van der Waals surface area contributed by atoms with Gasteiger partial charge in [-0.2, -0.15) is 0 Å². The molecule has 0 spiro atoms. The molecule has 0 radical (unpaired) electrons. The number of ether oxygens (including phenoxy) is 1. The van der Waals surface area contributed by atoms with Gasteiger partial charge in [-0.05, 0) is 105 Å². The van der Waals surface area contributed by atoms with Gasteiger partial charge in [-0.3, -0.25) is 4.79 Å². The van der Waals surface area contributed by atoms with Crippen molar-refractivity contribution in [2.45, 2.75) is 90.5 Å². The van der Waals surface area contributed by atoms with Gasteiger partial charge < -0.3 is 10.1 Å². The highest BCUT2D eigenvalue weighted by Crippen LogP contribution is 2.64. The molecule has 5 rings (SSSR count). The van der Waals surface area contributed by atoms with E-state index in [-0.39, 0.29) is 11.3 Å². The lowest BCUT2D eigenvalue weighted by Crippen LogP contribution is -2.51. The van der Waals surface area contributed by atoms with Crippen LogP contribution in [0.2, 0.25) is 0 Å². The lowest BCUT2D eigenvalue weighted by atomic mass is 9.49. The Morgan fingerprint density at radius 3 is 2.50 bits per heavy atom. The first kappa shape index (κ1) is 19.4. The van der Waals surface area contributed by atoms with Crippen LogP contribution in [-0.4, -0.2) is 25.2 Å². The Hall–Kier alpha value is -0.570. The first-order chi connectivity index (χ1) is 13.6. The van der Waals surface area contributed by atoms with E-state index >= 15 is 0 Å². The number of hydrogen-bond acceptors (Lipinski definition) is 2. The van der Waals surface area contributed by atoms with Crippen molar-refractivity contribution in [3.8, 4) is 0 Å². The van der Waals surface area contributed by atoms with Crippen molar-refractivity contribution in [2.75, 3.05) is 13.2 Å². The maximum Gasteiger partial charge on any atom is 0.223 e. The molecule has 0 aromatic rings. The van der Waals surface area contributed by atoms with Gasteiger partial charge in [0.2, 0.25) is 5.91 Å². The first-order valence-corrected chi connectivity index (χ1v) is 12.4. The molecule has 3 nitrogen and oxygen atoms in total. The molecule has 4 saturated carbocycles. The summed E-state index contributed by atoms with van der Waals surface area (Å²) in [6, 6.07) is 0.347. The predicted octanol–water partition coefficient (Wildman–Crippen LogP) is 5.19. The van der Waals surface area contributed by atoms with E-state index in [9.17, 15) is 4.79 Å². The van der Waals surface area contributed by atoms with Crippen LogP contribution in [0.5, 0.6) is 0 Å². The van der Waals surface area contributed by atoms with Crippen LogP contribution < -0.4 is 5.32 Å². The molecule has 1 aliphatic heterocycles. The summed E-state index contributed by atoms with van der Waals surface area (Å²) >= 11 is 0. The zero-order valence-electron chi connectivity index (χ0n) is 18.1. The molecule has 0 aromatic carbocycles. The summed E-state index contributed by atoms with van der Waals surface area (Å²) in [6.45, 7) is 6.57. The molecule has 158 valence electrons. The highest BCUT2D eigenvalue weighted by molar-refractivity contribution is 5.80. The summed E-state index contributed by atoms with van der Waals surface area (Å²) in [5, 5.41) is 3.42. The SMILES string of the molecule is CC1CC[C@@H]2C3CCC4(C)C(CC[C@@H]4C(=O)NC4CCOCC4)C3CC[C@@H]2C1. The van der Waals surface area contributed by atoms with Crippen LogP contribution in [0.4, 0.5) is 0 Å². The third kappa shape index (κ3) is 3.24. The summed E-state index contributed by atoms with van der Waals surface area (Å²) in [5.41, 5.74) is 0.255. The molecule has 1 heterocycles. The quantitative estimate of drug-likeness (QED) is 0.708. The molecule has 1 N–H and O–H groups in total. The monoisotopic (exact) mass is 387 g/mol. The lowest BCUT2D eigenvalue weighted by molar-refractivity contribution is -0.134. The third-order valence-corrected chi connectivity index (χ3v) is 10.1. The molecule has 28 heavy (non-hydrogen) atoms. The van der Waals surface area contributed by atoms with E-state index in [0.717, 1.165) is 68.0 Å². The van der Waals surface area contributed by atoms with Crippen LogP contribution in [0, 0.1) is 46.8 Å². The largest absolute Gasteiger partial charge is 0.381 e. The van der Waals surface area contributed by atoms with Crippen LogP contribution in [-0.2, 0) is 9.53 Å². The molecule has 1 saturated heterocycles. The van der Waals surface area contributed by atoms with Gasteiger partial charge in [-0.25, -0.2) is 0 Å². The second-order valence-corrected chi connectivity index (χ2v) is 11.4. The minimum absolute atomic E-state index is 0.255. The lowest BCUT2D eigenvalue weighted by Gasteiger charge is -2.56. The molecule has 1 amide bonds. The molecule has 0 aromatic heterocycles. The van der Waals surface area contributed by atoms with E-state index in [4.69, 9.17) is 4.74 Å². The van der Waals surface area contributed by atoms with Gasteiger partial charge in [-0.15, -0.1) is 0 Å². The molecular formula is C25H41NO2. The fraction of sp³-hybridized carbons (Fsp3) is 0.960. The van der Waals surface area contributed by atoms with Crippen molar-refractivity contribution in [1.29, 1.82) is 0 Å². The van der Waals surface area contributed by atoms with Crippen molar-refractivity contribution in [3.63, 3.8) is 0 Å². The minimum atomic E-state index is 0.255. The van der Waals surface area contributed by atoms with Crippen LogP contribution in [0.25, 0.3) is 0 Å². The van der Waals surface area contributed by atoms with Crippen molar-refractivity contribution in [3.05, 3.63) is 0 Å². The number of nitrogens with one attached hydrogen (secondary N) is 1. The topological polar surface area (TPSA) is 38.3 Å². The predicted molar refractivity (Wildman–Crippen MR) is 112 cm³/mol. The van der Waals surface area contributed by atoms with Gasteiger partial charge in [0.25, 0.3) is 0 Å². The maximum absolute atomic E-state index is 13.2. The van der Waals surface area contributed by atoms with Crippen molar-refractivity contribution in [1.82, 2.24) is 5.32 Å². The van der Waals surface area contributed by atoms with E-state index < -0.39 is 0 Å². The Labute approximate surface area is 171 Å². The van der Waals surface area contributed by atoms with Crippen molar-refractivity contribution < 1.29 is 9.53 Å². The highest BCUT2D eigenvalue weighted by atomic mass is 16.5. The van der Waals surface area contributed by atoms with E-state index in [1.807, 2.05) is 0 Å². The van der Waals surface area contributed by atoms with E-state index in [1.165, 1.54) is 51.4 Å². The zero-order chi connectivity index (χ0) is 19.3. The van der Waals surface area contributed by atoms with Crippen LogP contribution in [0.1, 0.15) is 84.5 Å². The summed E-state index contributed by atoms with van der Waals surface area (Å²) in [5.74, 6) is 6.29. The summed E-state index contributed by atoms with van der Waals surface area (Å²) in [4.78, 5) is 13.2. The summed E-state index contributed by atoms with van der Waals surface area (Å²) < 4.78 is 5.47. The van der Waals surface area contributed by atoms with Crippen LogP contribution in [0.15, 0.2) is 0 Å². The van der Waals surface area contributed by atoms with Crippen molar-refractivity contribution >= 4 is 5.91 Å². The minimum Gasteiger partial charge on any atom is -0.381 e. The van der Waals surface area contributed by atoms with Gasteiger partial charge in [0.1, 0.15) is 0 Å². The average molecular weight is 388 g/mol. The number of fused-ring (bicyclic) bond motifs is 5. The van der Waals surface area contributed by atoms with E-state index in [1.54, 1.807) is 0 Å². The number of carbonyl (C=O) groups is 1. The smallest absolute Gasteiger partial charge is 0.223 e. The van der Waals surface area contributed by atoms with Gasteiger partial charge in [0.05, 0.1) is 0 Å². The molecule has 5 unspecified atom stereocenters. The van der Waals surface area contributed by atoms with Crippen molar-refractivity contribution in [2.24, 2.45) is 46.8 Å². The van der Waals surface area contributed by atoms with Gasteiger partial charge >= 0.3 is 0 Å². The second-order valence-electron chi connectivity index (χ2n) is 11.4. The normalized spacial score (nSPS) is 49.0. The third-order valence-electron chi connectivity index (χ3n) is 10.1. The Morgan fingerprint density at radius 1 is 0.893 bits per heavy atom. The number of hydrogen-bond donors (Lipinski definition) is 1. The second kappa shape index (κ2) is 7.60. The summed E-state index contributed by atoms with van der Waals surface area (Å²) in [7, 11) is 0.